The summed E-state index contributed by atoms with van der Waals surface area (Å²) in [5.41, 5.74) is 0.943. The van der Waals surface area contributed by atoms with Crippen molar-refractivity contribution in [3.8, 4) is 11.5 Å². The average Bonchev–Trinajstić information content (AvgIpc) is 3.34. The van der Waals surface area contributed by atoms with Gasteiger partial charge in [0.05, 0.1) is 19.2 Å². The summed E-state index contributed by atoms with van der Waals surface area (Å²) in [5, 5.41) is 4.92. The molecule has 3 aliphatic heterocycles. The fourth-order valence-corrected chi connectivity index (χ4v) is 7.62. The molecule has 6 rings (SSSR count). The first-order chi connectivity index (χ1) is 20.8. The molecule has 0 atom stereocenters. The number of benzene rings is 1. The van der Waals surface area contributed by atoms with Crippen molar-refractivity contribution in [1.29, 1.82) is 0 Å². The molecule has 0 bridgehead atoms. The molecule has 1 N–H and O–H groups in total. The highest BCUT2D eigenvalue weighted by Gasteiger charge is 2.27. The molecule has 4 fully saturated rings. The fraction of sp³-hybridized carbons (Fsp3) is 0.765. The number of piperidine rings is 2. The number of likely N-dealkylation sites (tertiary alicyclic amines) is 2. The number of aromatic nitrogens is 2. The number of rotatable bonds is 10. The summed E-state index contributed by atoms with van der Waals surface area (Å²) in [6.07, 6.45) is 19.4. The molecule has 4 heterocycles. The van der Waals surface area contributed by atoms with Crippen LogP contribution in [0.1, 0.15) is 96.3 Å². The van der Waals surface area contributed by atoms with Crippen LogP contribution in [0.3, 0.4) is 0 Å². The van der Waals surface area contributed by atoms with E-state index in [1.807, 2.05) is 0 Å². The molecule has 1 aromatic heterocycles. The van der Waals surface area contributed by atoms with Crippen molar-refractivity contribution in [3.63, 3.8) is 0 Å². The zero-order valence-electron chi connectivity index (χ0n) is 26.1. The van der Waals surface area contributed by atoms with Crippen molar-refractivity contribution in [2.75, 3.05) is 69.7 Å². The van der Waals surface area contributed by atoms with E-state index in [1.54, 1.807) is 7.11 Å². The second-order valence-corrected chi connectivity index (χ2v) is 13.1. The van der Waals surface area contributed by atoms with Gasteiger partial charge in [-0.1, -0.05) is 38.5 Å². The minimum atomic E-state index is 0.427. The largest absolute Gasteiger partial charge is 0.493 e. The van der Waals surface area contributed by atoms with Gasteiger partial charge >= 0.3 is 0 Å². The van der Waals surface area contributed by atoms with Crippen molar-refractivity contribution in [2.45, 2.75) is 108 Å². The molecule has 1 saturated carbocycles. The zero-order chi connectivity index (χ0) is 28.6. The van der Waals surface area contributed by atoms with E-state index in [0.29, 0.717) is 12.6 Å². The second kappa shape index (κ2) is 14.9. The standard InChI is InChI=1S/C34H54N6O2/c1-41-31-25-29-30(26-32(31)42-24-12-19-38-17-8-5-9-18-38)36-34(40-20-10-2-3-11-21-40)37-33(29)35-27-15-22-39(23-16-27)28-13-6-4-7-14-28/h25-28H,2-24H2,1H3,(H,35,36,37). The van der Waals surface area contributed by atoms with Crippen LogP contribution in [0.25, 0.3) is 10.9 Å². The van der Waals surface area contributed by atoms with Crippen LogP contribution >= 0.6 is 0 Å². The molecular weight excluding hydrogens is 524 g/mol. The Bertz CT molecular complexity index is 1120. The Morgan fingerprint density at radius 2 is 1.45 bits per heavy atom. The lowest BCUT2D eigenvalue weighted by atomic mass is 9.92. The average molecular weight is 579 g/mol. The number of methoxy groups -OCH3 is 1. The molecule has 232 valence electrons. The third-order valence-electron chi connectivity index (χ3n) is 10.1. The summed E-state index contributed by atoms with van der Waals surface area (Å²) in [7, 11) is 1.74. The highest BCUT2D eigenvalue weighted by molar-refractivity contribution is 5.93. The summed E-state index contributed by atoms with van der Waals surface area (Å²) in [6.45, 7) is 8.67. The van der Waals surface area contributed by atoms with Gasteiger partial charge in [-0.25, -0.2) is 4.98 Å². The number of fused-ring (bicyclic) bond motifs is 1. The second-order valence-electron chi connectivity index (χ2n) is 13.1. The highest BCUT2D eigenvalue weighted by atomic mass is 16.5. The number of hydrogen-bond acceptors (Lipinski definition) is 8. The molecule has 0 amide bonds. The maximum atomic E-state index is 6.34. The van der Waals surface area contributed by atoms with Crippen LogP contribution in [0, 0.1) is 0 Å². The molecule has 0 spiro atoms. The van der Waals surface area contributed by atoms with E-state index in [4.69, 9.17) is 19.4 Å². The maximum absolute atomic E-state index is 6.34. The van der Waals surface area contributed by atoms with Crippen LogP contribution in [0.2, 0.25) is 0 Å². The molecule has 1 aromatic carbocycles. The monoisotopic (exact) mass is 578 g/mol. The molecule has 4 aliphatic rings. The highest BCUT2D eigenvalue weighted by Crippen LogP contribution is 2.36. The lowest BCUT2D eigenvalue weighted by molar-refractivity contribution is 0.126. The lowest BCUT2D eigenvalue weighted by Crippen LogP contribution is -2.45. The van der Waals surface area contributed by atoms with Crippen LogP contribution in [0.4, 0.5) is 11.8 Å². The van der Waals surface area contributed by atoms with Gasteiger partial charge in [0, 0.05) is 56.3 Å². The van der Waals surface area contributed by atoms with Crippen molar-refractivity contribution in [2.24, 2.45) is 0 Å². The third-order valence-corrected chi connectivity index (χ3v) is 10.1. The maximum Gasteiger partial charge on any atom is 0.227 e. The summed E-state index contributed by atoms with van der Waals surface area (Å²) in [6, 6.07) is 5.42. The molecular formula is C34H54N6O2. The van der Waals surface area contributed by atoms with Gasteiger partial charge in [0.1, 0.15) is 5.82 Å². The molecule has 0 radical (unpaired) electrons. The lowest BCUT2D eigenvalue weighted by Gasteiger charge is -2.39. The van der Waals surface area contributed by atoms with Gasteiger partial charge in [0.2, 0.25) is 5.95 Å². The normalized spacial score (nSPS) is 22.3. The fourth-order valence-electron chi connectivity index (χ4n) is 7.62. The molecule has 42 heavy (non-hydrogen) atoms. The van der Waals surface area contributed by atoms with Crippen molar-refractivity contribution >= 4 is 22.7 Å². The Hall–Kier alpha value is -2.32. The van der Waals surface area contributed by atoms with E-state index in [1.165, 1.54) is 103 Å². The van der Waals surface area contributed by atoms with Crippen LogP contribution < -0.4 is 19.7 Å². The van der Waals surface area contributed by atoms with Gasteiger partial charge in [0.15, 0.2) is 11.5 Å². The Balaban J connectivity index is 1.19. The Labute approximate surface area is 253 Å². The number of hydrogen-bond donors (Lipinski definition) is 1. The zero-order valence-corrected chi connectivity index (χ0v) is 26.1. The van der Waals surface area contributed by atoms with Crippen LogP contribution in [-0.2, 0) is 0 Å². The Morgan fingerprint density at radius 3 is 2.19 bits per heavy atom. The minimum absolute atomic E-state index is 0.427. The molecule has 8 nitrogen and oxygen atoms in total. The van der Waals surface area contributed by atoms with Gasteiger partial charge < -0.3 is 29.5 Å². The van der Waals surface area contributed by atoms with Gasteiger partial charge in [-0.3, -0.25) is 0 Å². The third kappa shape index (κ3) is 7.60. The minimum Gasteiger partial charge on any atom is -0.493 e. The van der Waals surface area contributed by atoms with E-state index >= 15 is 0 Å². The molecule has 3 saturated heterocycles. The predicted molar refractivity (Wildman–Crippen MR) is 172 cm³/mol. The van der Waals surface area contributed by atoms with Gasteiger partial charge in [0.25, 0.3) is 0 Å². The van der Waals surface area contributed by atoms with E-state index < -0.39 is 0 Å². The van der Waals surface area contributed by atoms with Crippen LogP contribution in [-0.4, -0.2) is 91.4 Å². The van der Waals surface area contributed by atoms with Crippen molar-refractivity contribution < 1.29 is 9.47 Å². The van der Waals surface area contributed by atoms with E-state index in [-0.39, 0.29) is 0 Å². The number of anilines is 2. The quantitative estimate of drug-likeness (QED) is 0.321. The van der Waals surface area contributed by atoms with Crippen LogP contribution in [0.15, 0.2) is 12.1 Å². The first-order valence-electron chi connectivity index (χ1n) is 17.3. The van der Waals surface area contributed by atoms with Crippen molar-refractivity contribution in [1.82, 2.24) is 19.8 Å². The SMILES string of the molecule is COc1cc2c(NC3CCN(C4CCCCC4)CC3)nc(N3CCCCCC3)nc2cc1OCCCN1CCCCC1. The summed E-state index contributed by atoms with van der Waals surface area (Å²) < 4.78 is 12.2. The summed E-state index contributed by atoms with van der Waals surface area (Å²) in [5.74, 6) is 3.36. The van der Waals surface area contributed by atoms with Crippen molar-refractivity contribution in [3.05, 3.63) is 12.1 Å². The Kier molecular flexibility index (Phi) is 10.6. The summed E-state index contributed by atoms with van der Waals surface area (Å²) >= 11 is 0. The van der Waals surface area contributed by atoms with Gasteiger partial charge in [-0.2, -0.15) is 4.98 Å². The molecule has 8 heteroatoms. The van der Waals surface area contributed by atoms with E-state index in [9.17, 15) is 0 Å². The topological polar surface area (TPSA) is 66.0 Å². The van der Waals surface area contributed by atoms with E-state index in [2.05, 4.69) is 32.1 Å². The first kappa shape index (κ1) is 29.7. The molecule has 2 aromatic rings. The molecule has 0 unspecified atom stereocenters. The summed E-state index contributed by atoms with van der Waals surface area (Å²) in [4.78, 5) is 18.0. The molecule has 1 aliphatic carbocycles. The smallest absolute Gasteiger partial charge is 0.227 e. The van der Waals surface area contributed by atoms with E-state index in [0.717, 1.165) is 79.1 Å². The Morgan fingerprint density at radius 1 is 0.762 bits per heavy atom. The van der Waals surface area contributed by atoms with Crippen LogP contribution in [0.5, 0.6) is 11.5 Å². The number of nitrogens with zero attached hydrogens (tertiary/aromatic N) is 5. The van der Waals surface area contributed by atoms with Gasteiger partial charge in [-0.15, -0.1) is 0 Å². The first-order valence-corrected chi connectivity index (χ1v) is 17.3. The van der Waals surface area contributed by atoms with Gasteiger partial charge in [-0.05, 0) is 76.9 Å². The number of ether oxygens (including phenoxy) is 2. The number of nitrogens with one attached hydrogen (secondary N) is 1. The predicted octanol–water partition coefficient (Wildman–Crippen LogP) is 6.48.